The minimum Gasteiger partial charge on any atom is -0.349 e. The van der Waals surface area contributed by atoms with Gasteiger partial charge < -0.3 is 18.8 Å². The van der Waals surface area contributed by atoms with Gasteiger partial charge in [-0.25, -0.2) is 9.97 Å². The van der Waals surface area contributed by atoms with Crippen LogP contribution in [-0.4, -0.2) is 38.6 Å². The maximum absolute atomic E-state index is 6.23. The summed E-state index contributed by atoms with van der Waals surface area (Å²) in [6.07, 6.45) is 3.78. The smallest absolute Gasteiger partial charge is 0.164 e. The number of nitrogens with zero attached hydrogens (tertiary/aromatic N) is 3. The first-order valence-electron chi connectivity index (χ1n) is 7.59. The van der Waals surface area contributed by atoms with Crippen molar-refractivity contribution in [3.05, 3.63) is 21.2 Å². The molecule has 0 N–H and O–H groups in total. The number of aromatic nitrogens is 3. The van der Waals surface area contributed by atoms with Gasteiger partial charge in [0.15, 0.2) is 12.0 Å². The predicted octanol–water partition coefficient (Wildman–Crippen LogP) is 3.52. The van der Waals surface area contributed by atoms with E-state index in [2.05, 4.69) is 39.5 Å². The lowest BCUT2D eigenvalue weighted by molar-refractivity contribution is -0.196. The molecule has 23 heavy (non-hydrogen) atoms. The van der Waals surface area contributed by atoms with E-state index in [1.54, 1.807) is 0 Å². The lowest BCUT2D eigenvalue weighted by Gasteiger charge is -2.24. The fourth-order valence-corrected chi connectivity index (χ4v) is 4.60. The molecule has 2 aliphatic rings. The molecule has 0 aliphatic carbocycles. The molecule has 0 saturated carbocycles. The maximum atomic E-state index is 6.23. The fourth-order valence-electron chi connectivity index (χ4n) is 3.41. The summed E-state index contributed by atoms with van der Waals surface area (Å²) in [7, 11) is 0. The summed E-state index contributed by atoms with van der Waals surface area (Å²) in [6.45, 7) is 5.96. The van der Waals surface area contributed by atoms with Crippen LogP contribution in [0.5, 0.6) is 0 Å². The second-order valence-electron chi connectivity index (χ2n) is 6.29. The molecule has 0 bridgehead atoms. The molecule has 4 atom stereocenters. The minimum absolute atomic E-state index is 0.000745. The van der Waals surface area contributed by atoms with Crippen LogP contribution in [0.4, 0.5) is 0 Å². The standard InChI is InChI=1S/C15H17ClIN3O3/c1-4-8-10-11(23-15(2,3)22-10)14(21-8)20-5-7(17)9-12(16)18-6-19-13(9)20/h5-6,8,10-11,14H,4H2,1-3H3/t8-,10-,11-,14-/m1/s1. The first-order valence-corrected chi connectivity index (χ1v) is 9.04. The number of ether oxygens (including phenoxy) is 3. The molecule has 0 aromatic carbocycles. The molecule has 4 heterocycles. The van der Waals surface area contributed by atoms with Gasteiger partial charge in [0.25, 0.3) is 0 Å². The van der Waals surface area contributed by atoms with Gasteiger partial charge in [-0.2, -0.15) is 0 Å². The van der Waals surface area contributed by atoms with E-state index in [0.29, 0.717) is 5.15 Å². The third-order valence-corrected chi connectivity index (χ3v) is 5.42. The van der Waals surface area contributed by atoms with Crippen LogP contribution in [0.2, 0.25) is 5.15 Å². The summed E-state index contributed by atoms with van der Waals surface area (Å²) < 4.78 is 21.4. The molecule has 4 rings (SSSR count). The van der Waals surface area contributed by atoms with Crippen LogP contribution >= 0.6 is 34.2 Å². The topological polar surface area (TPSA) is 58.4 Å². The first kappa shape index (κ1) is 16.0. The summed E-state index contributed by atoms with van der Waals surface area (Å²) in [6, 6.07) is 0. The Labute approximate surface area is 152 Å². The third-order valence-electron chi connectivity index (χ3n) is 4.32. The summed E-state index contributed by atoms with van der Waals surface area (Å²) in [5.74, 6) is -0.604. The fraction of sp³-hybridized carbons (Fsp3) is 0.600. The van der Waals surface area contributed by atoms with Crippen molar-refractivity contribution >= 4 is 45.2 Å². The minimum atomic E-state index is -0.604. The quantitative estimate of drug-likeness (QED) is 0.519. The lowest BCUT2D eigenvalue weighted by atomic mass is 10.1. The summed E-state index contributed by atoms with van der Waals surface area (Å²) in [4.78, 5) is 8.46. The van der Waals surface area contributed by atoms with E-state index in [4.69, 9.17) is 25.8 Å². The molecule has 0 radical (unpaired) electrons. The lowest BCUT2D eigenvalue weighted by Crippen LogP contribution is -2.28. The van der Waals surface area contributed by atoms with Gasteiger partial charge in [0.1, 0.15) is 29.3 Å². The van der Waals surface area contributed by atoms with E-state index < -0.39 is 5.79 Å². The van der Waals surface area contributed by atoms with Crippen molar-refractivity contribution in [1.82, 2.24) is 14.5 Å². The maximum Gasteiger partial charge on any atom is 0.164 e. The van der Waals surface area contributed by atoms with E-state index in [0.717, 1.165) is 21.0 Å². The van der Waals surface area contributed by atoms with Crippen molar-refractivity contribution in [2.24, 2.45) is 0 Å². The second kappa shape index (κ2) is 5.52. The first-order chi connectivity index (χ1) is 10.9. The van der Waals surface area contributed by atoms with Crippen molar-refractivity contribution in [2.45, 2.75) is 57.5 Å². The molecule has 2 saturated heterocycles. The largest absolute Gasteiger partial charge is 0.349 e. The Morgan fingerprint density at radius 2 is 2.04 bits per heavy atom. The van der Waals surface area contributed by atoms with E-state index in [1.807, 2.05) is 24.6 Å². The van der Waals surface area contributed by atoms with Crippen molar-refractivity contribution in [3.63, 3.8) is 0 Å². The van der Waals surface area contributed by atoms with Crippen LogP contribution in [0, 0.1) is 3.57 Å². The Kier molecular flexibility index (Phi) is 3.84. The molecule has 2 fully saturated rings. The van der Waals surface area contributed by atoms with Crippen molar-refractivity contribution in [1.29, 1.82) is 0 Å². The van der Waals surface area contributed by atoms with Gasteiger partial charge in [-0.3, -0.25) is 0 Å². The highest BCUT2D eigenvalue weighted by atomic mass is 127. The molecule has 2 aliphatic heterocycles. The second-order valence-corrected chi connectivity index (χ2v) is 7.81. The number of hydrogen-bond acceptors (Lipinski definition) is 5. The molecule has 0 unspecified atom stereocenters. The SMILES string of the molecule is CC[C@H]1O[C@@H](n2cc(I)c3c(Cl)ncnc32)[C@@H]2OC(C)(C)O[C@@H]21. The van der Waals surface area contributed by atoms with Gasteiger partial charge in [-0.05, 0) is 42.9 Å². The molecule has 124 valence electrons. The zero-order valence-corrected chi connectivity index (χ0v) is 15.9. The molecule has 2 aromatic heterocycles. The van der Waals surface area contributed by atoms with Crippen LogP contribution in [0.25, 0.3) is 11.0 Å². The van der Waals surface area contributed by atoms with Crippen LogP contribution in [0.15, 0.2) is 12.5 Å². The summed E-state index contributed by atoms with van der Waals surface area (Å²) >= 11 is 8.47. The van der Waals surface area contributed by atoms with E-state index >= 15 is 0 Å². The Morgan fingerprint density at radius 3 is 2.78 bits per heavy atom. The number of halogens is 2. The molecule has 8 heteroatoms. The Morgan fingerprint density at radius 1 is 1.30 bits per heavy atom. The zero-order chi connectivity index (χ0) is 16.4. The van der Waals surface area contributed by atoms with Gasteiger partial charge in [0.05, 0.1) is 11.5 Å². The predicted molar refractivity (Wildman–Crippen MR) is 93.3 cm³/mol. The molecule has 6 nitrogen and oxygen atoms in total. The zero-order valence-electron chi connectivity index (χ0n) is 13.0. The summed E-state index contributed by atoms with van der Waals surface area (Å²) in [5, 5.41) is 1.29. The highest BCUT2D eigenvalue weighted by Crippen LogP contribution is 2.45. The summed E-state index contributed by atoms with van der Waals surface area (Å²) in [5.41, 5.74) is 0.753. The average Bonchev–Trinajstić information content (AvgIpc) is 3.08. The van der Waals surface area contributed by atoms with Crippen molar-refractivity contribution in [2.75, 3.05) is 0 Å². The van der Waals surface area contributed by atoms with E-state index in [9.17, 15) is 0 Å². The van der Waals surface area contributed by atoms with Gasteiger partial charge in [-0.1, -0.05) is 18.5 Å². The van der Waals surface area contributed by atoms with Gasteiger partial charge >= 0.3 is 0 Å². The van der Waals surface area contributed by atoms with Crippen LogP contribution in [0.3, 0.4) is 0 Å². The highest BCUT2D eigenvalue weighted by Gasteiger charge is 2.55. The van der Waals surface area contributed by atoms with Crippen LogP contribution in [0.1, 0.15) is 33.4 Å². The average molecular weight is 450 g/mol. The van der Waals surface area contributed by atoms with E-state index in [1.165, 1.54) is 6.33 Å². The monoisotopic (exact) mass is 449 g/mol. The number of rotatable bonds is 2. The highest BCUT2D eigenvalue weighted by molar-refractivity contribution is 14.1. The van der Waals surface area contributed by atoms with Gasteiger partial charge in [-0.15, -0.1) is 0 Å². The Balaban J connectivity index is 1.81. The van der Waals surface area contributed by atoms with Crippen LogP contribution in [-0.2, 0) is 14.2 Å². The third kappa shape index (κ3) is 2.48. The van der Waals surface area contributed by atoms with Gasteiger partial charge in [0.2, 0.25) is 0 Å². The molecular weight excluding hydrogens is 433 g/mol. The molecule has 2 aromatic rings. The van der Waals surface area contributed by atoms with E-state index in [-0.39, 0.29) is 24.5 Å². The molecule has 0 amide bonds. The normalized spacial score (nSPS) is 32.6. The van der Waals surface area contributed by atoms with Crippen molar-refractivity contribution < 1.29 is 14.2 Å². The number of fused-ring (bicyclic) bond motifs is 2. The Hall–Kier alpha value is -0.480. The van der Waals surface area contributed by atoms with Gasteiger partial charge in [0, 0.05) is 9.77 Å². The van der Waals surface area contributed by atoms with Crippen molar-refractivity contribution in [3.8, 4) is 0 Å². The Bertz CT molecular complexity index is 766. The molecule has 0 spiro atoms. The number of hydrogen-bond donors (Lipinski definition) is 0. The van der Waals surface area contributed by atoms with Crippen LogP contribution < -0.4 is 0 Å². The molecular formula is C15H17ClIN3O3.